The highest BCUT2D eigenvalue weighted by Crippen LogP contribution is 2.34. The Morgan fingerprint density at radius 1 is 1.33 bits per heavy atom. The molecule has 0 amide bonds. The summed E-state index contributed by atoms with van der Waals surface area (Å²) in [6.07, 6.45) is 1.69. The lowest BCUT2D eigenvalue weighted by Crippen LogP contribution is -2.27. The second kappa shape index (κ2) is 5.00. The van der Waals surface area contributed by atoms with Gasteiger partial charge in [-0.3, -0.25) is 4.79 Å². The Labute approximate surface area is 122 Å². The molecule has 3 rings (SSSR count). The first-order valence-electron chi connectivity index (χ1n) is 7.04. The van der Waals surface area contributed by atoms with Gasteiger partial charge in [0.15, 0.2) is 0 Å². The lowest BCUT2D eigenvalue weighted by molar-refractivity contribution is 0.00871. The fourth-order valence-electron chi connectivity index (χ4n) is 2.66. The van der Waals surface area contributed by atoms with Gasteiger partial charge in [-0.05, 0) is 32.3 Å². The van der Waals surface area contributed by atoms with Crippen molar-refractivity contribution in [3.63, 3.8) is 0 Å². The molecule has 21 heavy (non-hydrogen) atoms. The van der Waals surface area contributed by atoms with Crippen LogP contribution >= 0.6 is 0 Å². The average Bonchev–Trinajstić information content (AvgIpc) is 2.88. The van der Waals surface area contributed by atoms with Crippen LogP contribution in [0.3, 0.4) is 0 Å². The SMILES string of the molecule is Cc1ccc(-c2c(O)nc(C3(C)CCCO3)[nH]c2=O)cc1. The fraction of sp³-hybridized carbons (Fsp3) is 0.375. The molecule has 1 aliphatic rings. The van der Waals surface area contributed by atoms with Crippen molar-refractivity contribution in [2.75, 3.05) is 6.61 Å². The summed E-state index contributed by atoms with van der Waals surface area (Å²) in [5.41, 5.74) is 0.961. The topological polar surface area (TPSA) is 75.2 Å². The van der Waals surface area contributed by atoms with Crippen LogP contribution < -0.4 is 5.56 Å². The molecule has 1 aromatic carbocycles. The molecule has 110 valence electrons. The summed E-state index contributed by atoms with van der Waals surface area (Å²) in [4.78, 5) is 19.3. The van der Waals surface area contributed by atoms with Crippen molar-refractivity contribution in [2.45, 2.75) is 32.3 Å². The van der Waals surface area contributed by atoms with Crippen molar-refractivity contribution in [2.24, 2.45) is 0 Å². The molecule has 1 aromatic heterocycles. The van der Waals surface area contributed by atoms with E-state index in [4.69, 9.17) is 4.74 Å². The molecular weight excluding hydrogens is 268 g/mol. The van der Waals surface area contributed by atoms with Crippen LogP contribution in [0.1, 0.15) is 31.2 Å². The van der Waals surface area contributed by atoms with Crippen molar-refractivity contribution in [3.05, 3.63) is 46.0 Å². The summed E-state index contributed by atoms with van der Waals surface area (Å²) in [5, 5.41) is 10.2. The molecule has 0 radical (unpaired) electrons. The quantitative estimate of drug-likeness (QED) is 0.889. The number of aryl methyl sites for hydroxylation is 1. The Morgan fingerprint density at radius 2 is 2.05 bits per heavy atom. The molecule has 0 bridgehead atoms. The molecule has 0 spiro atoms. The predicted molar refractivity (Wildman–Crippen MR) is 79.2 cm³/mol. The van der Waals surface area contributed by atoms with Crippen LogP contribution in [0.2, 0.25) is 0 Å². The third-order valence-corrected chi connectivity index (χ3v) is 3.96. The third kappa shape index (κ3) is 2.45. The number of hydrogen-bond donors (Lipinski definition) is 2. The van der Waals surface area contributed by atoms with Crippen LogP contribution in [0.25, 0.3) is 11.1 Å². The van der Waals surface area contributed by atoms with Gasteiger partial charge in [-0.2, -0.15) is 4.98 Å². The number of aromatic hydroxyl groups is 1. The fourth-order valence-corrected chi connectivity index (χ4v) is 2.66. The molecule has 1 aliphatic heterocycles. The molecule has 2 aromatic rings. The average molecular weight is 286 g/mol. The van der Waals surface area contributed by atoms with E-state index in [-0.39, 0.29) is 17.0 Å². The highest BCUT2D eigenvalue weighted by atomic mass is 16.5. The number of nitrogens with zero attached hydrogens (tertiary/aromatic N) is 1. The summed E-state index contributed by atoms with van der Waals surface area (Å²) >= 11 is 0. The zero-order valence-electron chi connectivity index (χ0n) is 12.1. The maximum absolute atomic E-state index is 12.3. The van der Waals surface area contributed by atoms with Gasteiger partial charge in [0, 0.05) is 6.61 Å². The maximum Gasteiger partial charge on any atom is 0.262 e. The maximum atomic E-state index is 12.3. The largest absolute Gasteiger partial charge is 0.493 e. The Hall–Kier alpha value is -2.14. The van der Waals surface area contributed by atoms with Crippen molar-refractivity contribution in [1.29, 1.82) is 0 Å². The van der Waals surface area contributed by atoms with E-state index in [1.54, 1.807) is 12.1 Å². The summed E-state index contributed by atoms with van der Waals surface area (Å²) in [6.45, 7) is 4.48. The van der Waals surface area contributed by atoms with E-state index in [9.17, 15) is 9.90 Å². The number of rotatable bonds is 2. The minimum absolute atomic E-state index is 0.195. The van der Waals surface area contributed by atoms with Crippen molar-refractivity contribution >= 4 is 0 Å². The van der Waals surface area contributed by atoms with Gasteiger partial charge in [-0.15, -0.1) is 0 Å². The van der Waals surface area contributed by atoms with Gasteiger partial charge in [0.25, 0.3) is 5.56 Å². The number of aromatic amines is 1. The number of aromatic nitrogens is 2. The van der Waals surface area contributed by atoms with Gasteiger partial charge in [0.1, 0.15) is 17.0 Å². The van der Waals surface area contributed by atoms with Gasteiger partial charge in [0.05, 0.1) is 0 Å². The number of benzene rings is 1. The van der Waals surface area contributed by atoms with Gasteiger partial charge < -0.3 is 14.8 Å². The smallest absolute Gasteiger partial charge is 0.262 e. The van der Waals surface area contributed by atoms with E-state index in [1.807, 2.05) is 26.0 Å². The molecule has 0 aliphatic carbocycles. The van der Waals surface area contributed by atoms with E-state index in [0.717, 1.165) is 18.4 Å². The molecule has 2 heterocycles. The zero-order valence-corrected chi connectivity index (χ0v) is 12.1. The first-order valence-corrected chi connectivity index (χ1v) is 7.04. The Balaban J connectivity index is 2.08. The van der Waals surface area contributed by atoms with Gasteiger partial charge >= 0.3 is 0 Å². The van der Waals surface area contributed by atoms with Crippen molar-refractivity contribution in [3.8, 4) is 17.0 Å². The van der Waals surface area contributed by atoms with Crippen molar-refractivity contribution in [1.82, 2.24) is 9.97 Å². The molecule has 1 fully saturated rings. The molecule has 5 nitrogen and oxygen atoms in total. The molecule has 0 saturated carbocycles. The standard InChI is InChI=1S/C16H18N2O3/c1-10-4-6-11(7-5-10)12-13(19)17-15(18-14(12)20)16(2)8-3-9-21-16/h4-7H,3,8-9H2,1-2H3,(H2,17,18,19,20). The van der Waals surface area contributed by atoms with Crippen LogP contribution in [0, 0.1) is 6.92 Å². The van der Waals surface area contributed by atoms with Crippen LogP contribution in [0.4, 0.5) is 0 Å². The minimum Gasteiger partial charge on any atom is -0.493 e. The normalized spacial score (nSPS) is 21.6. The summed E-state index contributed by atoms with van der Waals surface area (Å²) in [6, 6.07) is 7.39. The first-order chi connectivity index (χ1) is 9.99. The number of H-pyrrole nitrogens is 1. The lowest BCUT2D eigenvalue weighted by Gasteiger charge is -2.22. The second-order valence-electron chi connectivity index (χ2n) is 5.66. The second-order valence-corrected chi connectivity index (χ2v) is 5.66. The van der Waals surface area contributed by atoms with Gasteiger partial charge in [-0.25, -0.2) is 0 Å². The Kier molecular flexibility index (Phi) is 3.29. The van der Waals surface area contributed by atoms with Gasteiger partial charge in [-0.1, -0.05) is 29.8 Å². The first kappa shape index (κ1) is 13.8. The molecule has 5 heteroatoms. The zero-order chi connectivity index (χ0) is 15.0. The van der Waals surface area contributed by atoms with Crippen LogP contribution in [-0.4, -0.2) is 21.7 Å². The molecule has 1 saturated heterocycles. The van der Waals surface area contributed by atoms with E-state index in [2.05, 4.69) is 9.97 Å². The van der Waals surface area contributed by atoms with E-state index >= 15 is 0 Å². The molecule has 1 unspecified atom stereocenters. The summed E-state index contributed by atoms with van der Waals surface area (Å²) in [5.74, 6) is 0.132. The highest BCUT2D eigenvalue weighted by molar-refractivity contribution is 5.67. The number of nitrogens with one attached hydrogen (secondary N) is 1. The summed E-state index contributed by atoms with van der Waals surface area (Å²) in [7, 11) is 0. The highest BCUT2D eigenvalue weighted by Gasteiger charge is 2.35. The predicted octanol–water partition coefficient (Wildman–Crippen LogP) is 2.48. The Morgan fingerprint density at radius 3 is 2.62 bits per heavy atom. The molecular formula is C16H18N2O3. The monoisotopic (exact) mass is 286 g/mol. The Bertz CT molecular complexity index is 713. The number of hydrogen-bond acceptors (Lipinski definition) is 4. The number of ether oxygens (including phenoxy) is 1. The van der Waals surface area contributed by atoms with Gasteiger partial charge in [0.2, 0.25) is 5.88 Å². The van der Waals surface area contributed by atoms with Crippen LogP contribution in [0.5, 0.6) is 5.88 Å². The van der Waals surface area contributed by atoms with Crippen molar-refractivity contribution < 1.29 is 9.84 Å². The van der Waals surface area contributed by atoms with E-state index in [0.29, 0.717) is 18.0 Å². The van der Waals surface area contributed by atoms with Crippen LogP contribution in [0.15, 0.2) is 29.1 Å². The lowest BCUT2D eigenvalue weighted by atomic mass is 10.0. The van der Waals surface area contributed by atoms with E-state index in [1.165, 1.54) is 0 Å². The molecule has 2 N–H and O–H groups in total. The third-order valence-electron chi connectivity index (χ3n) is 3.96. The molecule has 1 atom stereocenters. The minimum atomic E-state index is -0.623. The van der Waals surface area contributed by atoms with Crippen LogP contribution in [-0.2, 0) is 10.3 Å². The summed E-state index contributed by atoms with van der Waals surface area (Å²) < 4.78 is 5.65. The van der Waals surface area contributed by atoms with E-state index < -0.39 is 5.60 Å².